The van der Waals surface area contributed by atoms with Gasteiger partial charge >= 0.3 is 0 Å². The fourth-order valence-electron chi connectivity index (χ4n) is 2.72. The smallest absolute Gasteiger partial charge is 0.122 e. The first-order valence-electron chi connectivity index (χ1n) is 7.38. The Kier molecular flexibility index (Phi) is 4.47. The third kappa shape index (κ3) is 3.78. The van der Waals surface area contributed by atoms with Gasteiger partial charge in [0.25, 0.3) is 0 Å². The molecule has 0 aromatic heterocycles. The lowest BCUT2D eigenvalue weighted by molar-refractivity contribution is 0.165. The minimum absolute atomic E-state index is 0.323. The second-order valence-corrected chi connectivity index (χ2v) is 6.00. The molecule has 2 aromatic carbocycles. The monoisotopic (exact) mass is 302 g/mol. The summed E-state index contributed by atoms with van der Waals surface area (Å²) in [5.41, 5.74) is 3.68. The van der Waals surface area contributed by atoms with Crippen LogP contribution >= 0.6 is 11.6 Å². The lowest BCUT2D eigenvalue weighted by atomic mass is 9.99. The van der Waals surface area contributed by atoms with Gasteiger partial charge < -0.3 is 9.84 Å². The van der Waals surface area contributed by atoms with Gasteiger partial charge in [-0.3, -0.25) is 0 Å². The molecule has 0 bridgehead atoms. The quantitative estimate of drug-likeness (QED) is 0.910. The molecule has 0 aliphatic carbocycles. The molecule has 2 aromatic rings. The standard InChI is InChI=1S/C18H19ClO2/c19-16-5-1-14(2-6-16)12-17(20)7-3-13-4-8-18-15(11-13)9-10-21-18/h1-2,4-6,8,11,17,20H,3,7,9-10,12H2. The molecule has 0 saturated carbocycles. The Morgan fingerprint density at radius 3 is 2.67 bits per heavy atom. The van der Waals surface area contributed by atoms with Crippen LogP contribution in [0.2, 0.25) is 5.02 Å². The molecule has 0 amide bonds. The average molecular weight is 303 g/mol. The fourth-order valence-corrected chi connectivity index (χ4v) is 2.85. The first-order valence-corrected chi connectivity index (χ1v) is 7.75. The molecule has 0 saturated heterocycles. The number of hydrogen-bond donors (Lipinski definition) is 1. The van der Waals surface area contributed by atoms with Crippen LogP contribution in [-0.2, 0) is 19.3 Å². The average Bonchev–Trinajstić information content (AvgIpc) is 2.95. The van der Waals surface area contributed by atoms with Gasteiger partial charge in [-0.1, -0.05) is 35.9 Å². The van der Waals surface area contributed by atoms with E-state index >= 15 is 0 Å². The Hall–Kier alpha value is -1.51. The second-order valence-electron chi connectivity index (χ2n) is 5.56. The third-order valence-corrected chi connectivity index (χ3v) is 4.16. The molecule has 110 valence electrons. The molecule has 3 rings (SSSR count). The second kappa shape index (κ2) is 6.50. The van der Waals surface area contributed by atoms with Crippen molar-refractivity contribution in [1.82, 2.24) is 0 Å². The van der Waals surface area contributed by atoms with Gasteiger partial charge in [-0.2, -0.15) is 0 Å². The van der Waals surface area contributed by atoms with Gasteiger partial charge in [0, 0.05) is 11.4 Å². The molecule has 1 aliphatic heterocycles. The van der Waals surface area contributed by atoms with Crippen LogP contribution in [0, 0.1) is 0 Å². The van der Waals surface area contributed by atoms with Gasteiger partial charge in [-0.25, -0.2) is 0 Å². The molecule has 1 aliphatic rings. The summed E-state index contributed by atoms with van der Waals surface area (Å²) >= 11 is 5.86. The molecule has 1 heterocycles. The van der Waals surface area contributed by atoms with Crippen LogP contribution in [0.5, 0.6) is 5.75 Å². The zero-order chi connectivity index (χ0) is 14.7. The molecule has 21 heavy (non-hydrogen) atoms. The fraction of sp³-hybridized carbons (Fsp3) is 0.333. The minimum atomic E-state index is -0.323. The van der Waals surface area contributed by atoms with Gasteiger partial charge in [0.2, 0.25) is 0 Å². The van der Waals surface area contributed by atoms with Gasteiger partial charge in [-0.05, 0) is 54.2 Å². The van der Waals surface area contributed by atoms with Crippen molar-refractivity contribution in [1.29, 1.82) is 0 Å². The lowest BCUT2D eigenvalue weighted by Crippen LogP contribution is -2.11. The predicted molar refractivity (Wildman–Crippen MR) is 85.1 cm³/mol. The molecule has 0 spiro atoms. The van der Waals surface area contributed by atoms with Gasteiger partial charge in [0.15, 0.2) is 0 Å². The highest BCUT2D eigenvalue weighted by Crippen LogP contribution is 2.26. The summed E-state index contributed by atoms with van der Waals surface area (Å²) in [5, 5.41) is 10.9. The Bertz CT molecular complexity index is 607. The summed E-state index contributed by atoms with van der Waals surface area (Å²) in [6.07, 6.45) is 3.00. The van der Waals surface area contributed by atoms with Crippen LogP contribution in [0.4, 0.5) is 0 Å². The summed E-state index contributed by atoms with van der Waals surface area (Å²) < 4.78 is 5.51. The van der Waals surface area contributed by atoms with E-state index in [0.717, 1.165) is 42.2 Å². The van der Waals surface area contributed by atoms with E-state index in [4.69, 9.17) is 16.3 Å². The summed E-state index contributed by atoms with van der Waals surface area (Å²) in [7, 11) is 0. The number of halogens is 1. The number of benzene rings is 2. The molecule has 0 fully saturated rings. The molecular formula is C18H19ClO2. The van der Waals surface area contributed by atoms with E-state index in [2.05, 4.69) is 12.1 Å². The summed E-state index contributed by atoms with van der Waals surface area (Å²) in [5.74, 6) is 1.01. The van der Waals surface area contributed by atoms with E-state index in [1.54, 1.807) is 0 Å². The van der Waals surface area contributed by atoms with Crippen molar-refractivity contribution in [2.75, 3.05) is 6.61 Å². The van der Waals surface area contributed by atoms with Crippen molar-refractivity contribution in [3.8, 4) is 5.75 Å². The Labute approximate surface area is 130 Å². The molecule has 1 unspecified atom stereocenters. The first-order chi connectivity index (χ1) is 10.2. The number of aliphatic hydroxyl groups excluding tert-OH is 1. The Morgan fingerprint density at radius 1 is 1.10 bits per heavy atom. The third-order valence-electron chi connectivity index (χ3n) is 3.90. The topological polar surface area (TPSA) is 29.5 Å². The maximum absolute atomic E-state index is 10.2. The Balaban J connectivity index is 1.53. The number of ether oxygens (including phenoxy) is 1. The number of rotatable bonds is 5. The molecule has 1 N–H and O–H groups in total. The molecule has 0 radical (unpaired) electrons. The predicted octanol–water partition coefficient (Wildman–Crippen LogP) is 3.81. The van der Waals surface area contributed by atoms with Crippen molar-refractivity contribution in [3.05, 3.63) is 64.2 Å². The van der Waals surface area contributed by atoms with Crippen molar-refractivity contribution in [2.45, 2.75) is 31.8 Å². The number of aryl methyl sites for hydroxylation is 1. The van der Waals surface area contributed by atoms with Gasteiger partial charge in [-0.15, -0.1) is 0 Å². The van der Waals surface area contributed by atoms with Crippen LogP contribution < -0.4 is 4.74 Å². The van der Waals surface area contributed by atoms with E-state index in [9.17, 15) is 5.11 Å². The zero-order valence-electron chi connectivity index (χ0n) is 11.9. The highest BCUT2D eigenvalue weighted by atomic mass is 35.5. The van der Waals surface area contributed by atoms with Crippen LogP contribution in [0.3, 0.4) is 0 Å². The van der Waals surface area contributed by atoms with Crippen molar-refractivity contribution in [3.63, 3.8) is 0 Å². The van der Waals surface area contributed by atoms with Crippen molar-refractivity contribution in [2.24, 2.45) is 0 Å². The van der Waals surface area contributed by atoms with E-state index in [0.29, 0.717) is 6.42 Å². The van der Waals surface area contributed by atoms with Gasteiger partial charge in [0.05, 0.1) is 12.7 Å². The van der Waals surface area contributed by atoms with Crippen LogP contribution in [-0.4, -0.2) is 17.8 Å². The van der Waals surface area contributed by atoms with E-state index in [-0.39, 0.29) is 6.10 Å². The highest BCUT2D eigenvalue weighted by Gasteiger charge is 2.13. The zero-order valence-corrected chi connectivity index (χ0v) is 12.6. The largest absolute Gasteiger partial charge is 0.493 e. The SMILES string of the molecule is OC(CCc1ccc2c(c1)CCO2)Cc1ccc(Cl)cc1. The maximum Gasteiger partial charge on any atom is 0.122 e. The maximum atomic E-state index is 10.2. The normalized spacial score (nSPS) is 14.6. The van der Waals surface area contributed by atoms with Crippen molar-refractivity contribution < 1.29 is 9.84 Å². The lowest BCUT2D eigenvalue weighted by Gasteiger charge is -2.11. The molecular weight excluding hydrogens is 284 g/mol. The molecule has 3 heteroatoms. The number of fused-ring (bicyclic) bond motifs is 1. The summed E-state index contributed by atoms with van der Waals surface area (Å²) in [6, 6.07) is 14.0. The van der Waals surface area contributed by atoms with Crippen LogP contribution in [0.1, 0.15) is 23.1 Å². The Morgan fingerprint density at radius 2 is 1.86 bits per heavy atom. The van der Waals surface area contributed by atoms with Crippen LogP contribution in [0.15, 0.2) is 42.5 Å². The molecule has 2 nitrogen and oxygen atoms in total. The number of aliphatic hydroxyl groups is 1. The summed E-state index contributed by atoms with van der Waals surface area (Å²) in [6.45, 7) is 0.790. The van der Waals surface area contributed by atoms with Gasteiger partial charge in [0.1, 0.15) is 5.75 Å². The first kappa shape index (κ1) is 14.4. The van der Waals surface area contributed by atoms with Crippen molar-refractivity contribution >= 4 is 11.6 Å². The minimum Gasteiger partial charge on any atom is -0.493 e. The van der Waals surface area contributed by atoms with E-state index < -0.39 is 0 Å². The van der Waals surface area contributed by atoms with Crippen LogP contribution in [0.25, 0.3) is 0 Å². The van der Waals surface area contributed by atoms with E-state index in [1.807, 2.05) is 30.3 Å². The highest BCUT2D eigenvalue weighted by molar-refractivity contribution is 6.30. The summed E-state index contributed by atoms with van der Waals surface area (Å²) in [4.78, 5) is 0. The number of hydrogen-bond acceptors (Lipinski definition) is 2. The molecule has 1 atom stereocenters. The van der Waals surface area contributed by atoms with E-state index in [1.165, 1.54) is 11.1 Å².